The van der Waals surface area contributed by atoms with Crippen molar-refractivity contribution >= 4 is 33.3 Å². The van der Waals surface area contributed by atoms with Gasteiger partial charge in [0.2, 0.25) is 0 Å². The van der Waals surface area contributed by atoms with Crippen LogP contribution in [0.4, 0.5) is 4.39 Å². The van der Waals surface area contributed by atoms with Crippen LogP contribution >= 0.6 is 11.6 Å². The molecule has 0 aromatic heterocycles. The van der Waals surface area contributed by atoms with E-state index in [2.05, 4.69) is 0 Å². The molecule has 1 saturated heterocycles. The van der Waals surface area contributed by atoms with Crippen LogP contribution in [0, 0.1) is 5.82 Å². The van der Waals surface area contributed by atoms with Crippen LogP contribution in [0.1, 0.15) is 10.4 Å². The number of rotatable bonds is 2. The fraction of sp³-hybridized carbons (Fsp3) is 0.333. The van der Waals surface area contributed by atoms with Crippen LogP contribution in [-0.2, 0) is 14.6 Å². The molecule has 1 aliphatic heterocycles. The predicted octanol–water partition coefficient (Wildman–Crippen LogP) is 0.803. The van der Waals surface area contributed by atoms with Gasteiger partial charge in [0.25, 0.3) is 5.91 Å². The lowest BCUT2D eigenvalue weighted by molar-refractivity contribution is -0.141. The van der Waals surface area contributed by atoms with Crippen LogP contribution in [0.3, 0.4) is 0 Å². The highest BCUT2D eigenvalue weighted by molar-refractivity contribution is 7.91. The summed E-state index contributed by atoms with van der Waals surface area (Å²) in [5.41, 5.74) is 0.00643. The summed E-state index contributed by atoms with van der Waals surface area (Å²) < 4.78 is 36.1. The molecule has 1 aromatic rings. The van der Waals surface area contributed by atoms with E-state index in [4.69, 9.17) is 16.7 Å². The zero-order valence-corrected chi connectivity index (χ0v) is 12.2. The molecule has 0 saturated carbocycles. The molecule has 114 valence electrons. The fourth-order valence-corrected chi connectivity index (χ4v) is 3.68. The highest BCUT2D eigenvalue weighted by Gasteiger charge is 2.38. The molecular weight excluding hydrogens is 325 g/mol. The molecule has 1 N–H and O–H groups in total. The number of carboxylic acid groups (broad SMARTS) is 1. The van der Waals surface area contributed by atoms with Crippen molar-refractivity contribution in [3.05, 3.63) is 34.6 Å². The summed E-state index contributed by atoms with van der Waals surface area (Å²) in [5, 5.41) is 8.82. The van der Waals surface area contributed by atoms with Crippen LogP contribution < -0.4 is 0 Å². The number of nitrogens with zero attached hydrogens (tertiary/aromatic N) is 1. The molecule has 0 aliphatic carbocycles. The van der Waals surface area contributed by atoms with Crippen molar-refractivity contribution in [1.82, 2.24) is 4.90 Å². The monoisotopic (exact) mass is 335 g/mol. The SMILES string of the molecule is O=C(O)C1CS(=O)(=O)CCN1C(=O)c1ccc(F)c(Cl)c1. The maximum atomic E-state index is 13.1. The summed E-state index contributed by atoms with van der Waals surface area (Å²) in [6.45, 7) is -0.229. The molecule has 0 bridgehead atoms. The normalized spacial score (nSPS) is 21.0. The average molecular weight is 336 g/mol. The summed E-state index contributed by atoms with van der Waals surface area (Å²) in [7, 11) is -3.50. The summed E-state index contributed by atoms with van der Waals surface area (Å²) in [6, 6.07) is 1.79. The number of halogens is 2. The number of carbonyl (C=O) groups excluding carboxylic acids is 1. The van der Waals surface area contributed by atoms with Gasteiger partial charge >= 0.3 is 5.97 Å². The summed E-state index contributed by atoms with van der Waals surface area (Å²) in [5.74, 6) is -3.75. The third-order valence-electron chi connectivity index (χ3n) is 3.14. The van der Waals surface area contributed by atoms with Crippen molar-refractivity contribution in [2.24, 2.45) is 0 Å². The molecule has 1 amide bonds. The minimum Gasteiger partial charge on any atom is -0.480 e. The number of amides is 1. The van der Waals surface area contributed by atoms with E-state index in [1.807, 2.05) is 0 Å². The molecule has 1 heterocycles. The number of sulfone groups is 1. The highest BCUT2D eigenvalue weighted by Crippen LogP contribution is 2.20. The summed E-state index contributed by atoms with van der Waals surface area (Å²) >= 11 is 5.58. The van der Waals surface area contributed by atoms with Gasteiger partial charge in [0, 0.05) is 12.1 Å². The molecule has 0 spiro atoms. The zero-order valence-electron chi connectivity index (χ0n) is 10.6. The minimum absolute atomic E-state index is 0.00643. The van der Waals surface area contributed by atoms with Gasteiger partial charge in [-0.15, -0.1) is 0 Å². The van der Waals surface area contributed by atoms with Crippen molar-refractivity contribution in [3.8, 4) is 0 Å². The Bertz CT molecular complexity index is 706. The Morgan fingerprint density at radius 3 is 2.62 bits per heavy atom. The first-order chi connectivity index (χ1) is 9.71. The third kappa shape index (κ3) is 3.33. The van der Waals surface area contributed by atoms with Crippen molar-refractivity contribution in [2.75, 3.05) is 18.1 Å². The second kappa shape index (κ2) is 5.61. The Morgan fingerprint density at radius 2 is 2.05 bits per heavy atom. The number of hydrogen-bond donors (Lipinski definition) is 1. The van der Waals surface area contributed by atoms with E-state index in [1.54, 1.807) is 0 Å². The second-order valence-electron chi connectivity index (χ2n) is 4.60. The molecule has 1 fully saturated rings. The number of carbonyl (C=O) groups is 2. The fourth-order valence-electron chi connectivity index (χ4n) is 2.05. The maximum absolute atomic E-state index is 13.1. The Labute approximate surface area is 125 Å². The number of carboxylic acids is 1. The van der Waals surface area contributed by atoms with Gasteiger partial charge in [-0.05, 0) is 18.2 Å². The van der Waals surface area contributed by atoms with Crippen LogP contribution in [0.5, 0.6) is 0 Å². The van der Waals surface area contributed by atoms with E-state index in [0.717, 1.165) is 17.0 Å². The molecule has 6 nitrogen and oxygen atoms in total. The van der Waals surface area contributed by atoms with Crippen molar-refractivity contribution in [2.45, 2.75) is 6.04 Å². The van der Waals surface area contributed by atoms with Gasteiger partial charge in [-0.3, -0.25) is 4.79 Å². The van der Waals surface area contributed by atoms with E-state index in [9.17, 15) is 22.4 Å². The van der Waals surface area contributed by atoms with E-state index in [1.165, 1.54) is 6.07 Å². The highest BCUT2D eigenvalue weighted by atomic mass is 35.5. The maximum Gasteiger partial charge on any atom is 0.327 e. The standard InChI is InChI=1S/C12H11ClFNO5S/c13-8-5-7(1-2-9(8)14)11(16)15-3-4-21(19,20)6-10(15)12(17)18/h1-2,5,10H,3-4,6H2,(H,17,18). The van der Waals surface area contributed by atoms with Gasteiger partial charge < -0.3 is 10.0 Å². The molecule has 9 heteroatoms. The molecule has 2 rings (SSSR count). The largest absolute Gasteiger partial charge is 0.480 e. The van der Waals surface area contributed by atoms with Gasteiger partial charge in [-0.1, -0.05) is 11.6 Å². The number of aliphatic carboxylic acids is 1. The van der Waals surface area contributed by atoms with Crippen LogP contribution in [0.15, 0.2) is 18.2 Å². The summed E-state index contributed by atoms with van der Waals surface area (Å²) in [4.78, 5) is 24.4. The lowest BCUT2D eigenvalue weighted by Gasteiger charge is -2.32. The topological polar surface area (TPSA) is 91.8 Å². The van der Waals surface area contributed by atoms with Crippen molar-refractivity contribution in [1.29, 1.82) is 0 Å². The molecule has 1 aromatic carbocycles. The van der Waals surface area contributed by atoms with E-state index < -0.39 is 39.3 Å². The first kappa shape index (κ1) is 15.7. The first-order valence-electron chi connectivity index (χ1n) is 5.90. The molecule has 1 aliphatic rings. The lowest BCUT2D eigenvalue weighted by Crippen LogP contribution is -2.54. The average Bonchev–Trinajstić information content (AvgIpc) is 2.40. The van der Waals surface area contributed by atoms with Crippen LogP contribution in [0.2, 0.25) is 5.02 Å². The first-order valence-corrected chi connectivity index (χ1v) is 8.10. The predicted molar refractivity (Wildman–Crippen MR) is 72.5 cm³/mol. The minimum atomic E-state index is -3.50. The van der Waals surface area contributed by atoms with E-state index >= 15 is 0 Å². The molecule has 1 atom stereocenters. The second-order valence-corrected chi connectivity index (χ2v) is 7.23. The number of hydrogen-bond acceptors (Lipinski definition) is 4. The Morgan fingerprint density at radius 1 is 1.38 bits per heavy atom. The quantitative estimate of drug-likeness (QED) is 0.863. The van der Waals surface area contributed by atoms with Gasteiger partial charge in [0.15, 0.2) is 9.84 Å². The molecular formula is C12H11ClFNO5S. The van der Waals surface area contributed by atoms with Gasteiger partial charge in [0.05, 0.1) is 16.5 Å². The molecule has 21 heavy (non-hydrogen) atoms. The summed E-state index contributed by atoms with van der Waals surface area (Å²) in [6.07, 6.45) is 0. The number of benzene rings is 1. The van der Waals surface area contributed by atoms with Gasteiger partial charge in [0.1, 0.15) is 11.9 Å². The van der Waals surface area contributed by atoms with Gasteiger partial charge in [-0.2, -0.15) is 0 Å². The van der Waals surface area contributed by atoms with E-state index in [-0.39, 0.29) is 22.9 Å². The molecule has 1 unspecified atom stereocenters. The Kier molecular flexibility index (Phi) is 4.20. The van der Waals surface area contributed by atoms with Crippen molar-refractivity contribution in [3.63, 3.8) is 0 Å². The third-order valence-corrected chi connectivity index (χ3v) is 5.06. The zero-order chi connectivity index (χ0) is 15.8. The Balaban J connectivity index is 2.32. The Hall–Kier alpha value is -1.67. The lowest BCUT2D eigenvalue weighted by atomic mass is 10.1. The smallest absolute Gasteiger partial charge is 0.327 e. The van der Waals surface area contributed by atoms with Gasteiger partial charge in [-0.25, -0.2) is 17.6 Å². The van der Waals surface area contributed by atoms with Crippen LogP contribution in [0.25, 0.3) is 0 Å². The molecule has 0 radical (unpaired) electrons. The van der Waals surface area contributed by atoms with Crippen molar-refractivity contribution < 1.29 is 27.5 Å². The van der Waals surface area contributed by atoms with E-state index in [0.29, 0.717) is 0 Å². The van der Waals surface area contributed by atoms with Crippen LogP contribution in [-0.4, -0.2) is 54.4 Å².